The van der Waals surface area contributed by atoms with E-state index < -0.39 is 0 Å². The van der Waals surface area contributed by atoms with Gasteiger partial charge in [0.25, 0.3) is 0 Å². The number of tetrazole rings is 1. The summed E-state index contributed by atoms with van der Waals surface area (Å²) in [7, 11) is 0. The minimum atomic E-state index is 0.688. The molecular weight excluding hydrogens is 196 g/mol. The van der Waals surface area contributed by atoms with Gasteiger partial charge in [-0.05, 0) is 12.1 Å². The van der Waals surface area contributed by atoms with Crippen molar-refractivity contribution in [3.8, 4) is 0 Å². The van der Waals surface area contributed by atoms with Gasteiger partial charge in [-0.25, -0.2) is 0 Å². The third kappa shape index (κ3) is 1.62. The first-order valence-corrected chi connectivity index (χ1v) is 4.50. The van der Waals surface area contributed by atoms with Gasteiger partial charge < -0.3 is 0 Å². The summed E-state index contributed by atoms with van der Waals surface area (Å²) >= 11 is 7.28. The molecule has 62 valence electrons. The highest BCUT2D eigenvalue weighted by Gasteiger charge is 2.02. The predicted octanol–water partition coefficient (Wildman–Crippen LogP) is 1.51. The number of hydrogen-bond donors (Lipinski definition) is 1. The number of hydrogen-bond acceptors (Lipinski definition) is 4. The summed E-state index contributed by atoms with van der Waals surface area (Å²) < 4.78 is 0.786. The highest BCUT2D eigenvalue weighted by molar-refractivity contribution is 7.16. The lowest BCUT2D eigenvalue weighted by Crippen LogP contribution is -1.86. The zero-order valence-corrected chi connectivity index (χ0v) is 7.56. The number of rotatable bonds is 2. The van der Waals surface area contributed by atoms with Gasteiger partial charge in [0.1, 0.15) is 0 Å². The van der Waals surface area contributed by atoms with Gasteiger partial charge in [-0.1, -0.05) is 16.8 Å². The van der Waals surface area contributed by atoms with Gasteiger partial charge in [0.15, 0.2) is 5.82 Å². The van der Waals surface area contributed by atoms with Crippen LogP contribution in [0.2, 0.25) is 4.34 Å². The summed E-state index contributed by atoms with van der Waals surface area (Å²) in [6, 6.07) is 3.82. The van der Waals surface area contributed by atoms with Crippen LogP contribution >= 0.6 is 22.9 Å². The molecule has 0 aliphatic heterocycles. The average Bonchev–Trinajstić information content (AvgIpc) is 2.63. The van der Waals surface area contributed by atoms with Gasteiger partial charge in [0, 0.05) is 11.3 Å². The SMILES string of the molecule is Clc1ccc(Cc2nn[nH]n2)s1. The van der Waals surface area contributed by atoms with Gasteiger partial charge in [-0.2, -0.15) is 5.21 Å². The fourth-order valence-corrected chi connectivity index (χ4v) is 1.94. The van der Waals surface area contributed by atoms with E-state index in [9.17, 15) is 0 Å². The summed E-state index contributed by atoms with van der Waals surface area (Å²) in [5.74, 6) is 0.688. The Kier molecular flexibility index (Phi) is 2.05. The number of halogens is 1. The monoisotopic (exact) mass is 200 g/mol. The predicted molar refractivity (Wildman–Crippen MR) is 46.3 cm³/mol. The minimum absolute atomic E-state index is 0.688. The van der Waals surface area contributed by atoms with Crippen LogP contribution in [-0.2, 0) is 6.42 Å². The van der Waals surface area contributed by atoms with E-state index in [1.807, 2.05) is 12.1 Å². The lowest BCUT2D eigenvalue weighted by Gasteiger charge is -1.86. The van der Waals surface area contributed by atoms with E-state index in [0.717, 1.165) is 9.21 Å². The van der Waals surface area contributed by atoms with Gasteiger partial charge >= 0.3 is 0 Å². The highest BCUT2D eigenvalue weighted by Crippen LogP contribution is 2.22. The van der Waals surface area contributed by atoms with Crippen LogP contribution in [0.3, 0.4) is 0 Å². The Bertz CT molecular complexity index is 355. The number of thiophene rings is 1. The second-order valence-electron chi connectivity index (χ2n) is 2.21. The molecule has 2 rings (SSSR count). The Morgan fingerprint density at radius 2 is 2.42 bits per heavy atom. The van der Waals surface area contributed by atoms with E-state index >= 15 is 0 Å². The Labute approximate surface area is 77.6 Å². The normalized spacial score (nSPS) is 10.4. The molecule has 0 amide bonds. The molecule has 0 unspecified atom stereocenters. The first kappa shape index (κ1) is 7.70. The lowest BCUT2D eigenvalue weighted by molar-refractivity contribution is 0.881. The van der Waals surface area contributed by atoms with E-state index in [1.54, 1.807) is 0 Å². The van der Waals surface area contributed by atoms with Gasteiger partial charge in [-0.3, -0.25) is 0 Å². The number of nitrogens with zero attached hydrogens (tertiary/aromatic N) is 3. The van der Waals surface area contributed by atoms with Crippen molar-refractivity contribution in [2.24, 2.45) is 0 Å². The second kappa shape index (κ2) is 3.20. The van der Waals surface area contributed by atoms with Crippen LogP contribution in [0.1, 0.15) is 10.7 Å². The van der Waals surface area contributed by atoms with Crippen LogP contribution < -0.4 is 0 Å². The number of aromatic nitrogens is 4. The average molecular weight is 201 g/mol. The molecule has 0 atom stereocenters. The zero-order valence-electron chi connectivity index (χ0n) is 5.99. The molecule has 0 aliphatic rings. The fourth-order valence-electron chi connectivity index (χ4n) is 0.860. The molecule has 0 aromatic carbocycles. The topological polar surface area (TPSA) is 54.5 Å². The van der Waals surface area contributed by atoms with Crippen LogP contribution in [0, 0.1) is 0 Å². The molecule has 0 saturated carbocycles. The van der Waals surface area contributed by atoms with Crippen LogP contribution in [0.15, 0.2) is 12.1 Å². The van der Waals surface area contributed by atoms with Crippen LogP contribution in [0.5, 0.6) is 0 Å². The van der Waals surface area contributed by atoms with Gasteiger partial charge in [-0.15, -0.1) is 21.5 Å². The molecule has 2 heterocycles. The second-order valence-corrected chi connectivity index (χ2v) is 4.01. The minimum Gasteiger partial charge on any atom is -0.177 e. The van der Waals surface area contributed by atoms with Crippen molar-refractivity contribution in [3.05, 3.63) is 27.2 Å². The zero-order chi connectivity index (χ0) is 8.39. The molecule has 2 aromatic heterocycles. The molecule has 0 bridgehead atoms. The molecule has 0 spiro atoms. The van der Waals surface area contributed by atoms with Crippen LogP contribution in [-0.4, -0.2) is 20.6 Å². The summed E-state index contributed by atoms with van der Waals surface area (Å²) in [6.45, 7) is 0. The number of nitrogens with one attached hydrogen (secondary N) is 1. The Hall–Kier alpha value is -0.940. The van der Waals surface area contributed by atoms with Crippen molar-refractivity contribution in [1.82, 2.24) is 20.6 Å². The molecule has 0 fully saturated rings. The number of aromatic amines is 1. The Morgan fingerprint density at radius 3 is 3.00 bits per heavy atom. The Balaban J connectivity index is 2.14. The van der Waals surface area contributed by atoms with E-state index in [4.69, 9.17) is 11.6 Å². The summed E-state index contributed by atoms with van der Waals surface area (Å²) in [5.41, 5.74) is 0. The summed E-state index contributed by atoms with van der Waals surface area (Å²) in [5, 5.41) is 13.5. The first-order valence-electron chi connectivity index (χ1n) is 3.31. The molecule has 2 aromatic rings. The molecule has 0 saturated heterocycles. The number of H-pyrrole nitrogens is 1. The third-order valence-electron chi connectivity index (χ3n) is 1.35. The van der Waals surface area contributed by atoms with Crippen molar-refractivity contribution in [3.63, 3.8) is 0 Å². The summed E-state index contributed by atoms with van der Waals surface area (Å²) in [6.07, 6.45) is 0.688. The van der Waals surface area contributed by atoms with Gasteiger partial charge in [0.05, 0.1) is 4.34 Å². The van der Waals surface area contributed by atoms with Crippen LogP contribution in [0.25, 0.3) is 0 Å². The third-order valence-corrected chi connectivity index (χ3v) is 2.58. The van der Waals surface area contributed by atoms with Crippen molar-refractivity contribution in [2.45, 2.75) is 6.42 Å². The molecular formula is C6H5ClN4S. The quantitative estimate of drug-likeness (QED) is 0.800. The van der Waals surface area contributed by atoms with Crippen LogP contribution in [0.4, 0.5) is 0 Å². The Morgan fingerprint density at radius 1 is 1.50 bits per heavy atom. The molecule has 0 radical (unpaired) electrons. The largest absolute Gasteiger partial charge is 0.179 e. The first-order chi connectivity index (χ1) is 5.84. The van der Waals surface area contributed by atoms with Crippen molar-refractivity contribution in [2.75, 3.05) is 0 Å². The molecule has 1 N–H and O–H groups in total. The maximum absolute atomic E-state index is 5.75. The lowest BCUT2D eigenvalue weighted by atomic mass is 10.3. The van der Waals surface area contributed by atoms with E-state index in [0.29, 0.717) is 12.2 Å². The maximum Gasteiger partial charge on any atom is 0.179 e. The molecule has 0 aliphatic carbocycles. The van der Waals surface area contributed by atoms with E-state index in [2.05, 4.69) is 20.6 Å². The molecule has 12 heavy (non-hydrogen) atoms. The highest BCUT2D eigenvalue weighted by atomic mass is 35.5. The smallest absolute Gasteiger partial charge is 0.177 e. The van der Waals surface area contributed by atoms with Crippen molar-refractivity contribution >= 4 is 22.9 Å². The fraction of sp³-hybridized carbons (Fsp3) is 0.167. The summed E-state index contributed by atoms with van der Waals surface area (Å²) in [4.78, 5) is 1.14. The molecule has 6 heteroatoms. The maximum atomic E-state index is 5.75. The van der Waals surface area contributed by atoms with Gasteiger partial charge in [0.2, 0.25) is 0 Å². The standard InChI is InChI=1S/C6H5ClN4S/c7-5-2-1-4(12-5)3-6-8-10-11-9-6/h1-2H,3H2,(H,8,9,10,11). The van der Waals surface area contributed by atoms with E-state index in [1.165, 1.54) is 11.3 Å². The molecule has 4 nitrogen and oxygen atoms in total. The van der Waals surface area contributed by atoms with Crippen molar-refractivity contribution in [1.29, 1.82) is 0 Å². The van der Waals surface area contributed by atoms with E-state index in [-0.39, 0.29) is 0 Å². The van der Waals surface area contributed by atoms with Crippen molar-refractivity contribution < 1.29 is 0 Å².